The number of ether oxygens (including phenoxy) is 1. The van der Waals surface area contributed by atoms with E-state index < -0.39 is 24.8 Å². The molecule has 19 heteroatoms. The number of oxazole rings is 1. The summed E-state index contributed by atoms with van der Waals surface area (Å²) in [6.45, 7) is 16.9. The van der Waals surface area contributed by atoms with Crippen LogP contribution >= 0.6 is 34.7 Å². The molecule has 3 aromatic carbocycles. The normalized spacial score (nSPS) is 17.7. The first kappa shape index (κ1) is 48.7. The number of imide groups is 1. The second-order valence-corrected chi connectivity index (χ2v) is 22.8. The minimum Gasteiger partial charge on any atom is -0.492 e. The summed E-state index contributed by atoms with van der Waals surface area (Å²) in [6, 6.07) is 15.6. The molecular formula is C50H59BrClN10O6P. The molecule has 0 spiro atoms. The summed E-state index contributed by atoms with van der Waals surface area (Å²) >= 11 is 10.5. The van der Waals surface area contributed by atoms with Crippen LogP contribution in [0.15, 0.2) is 68.4 Å². The molecule has 0 saturated carbocycles. The van der Waals surface area contributed by atoms with Crippen LogP contribution in [-0.2, 0) is 33.4 Å². The highest BCUT2D eigenvalue weighted by atomic mass is 79.9. The van der Waals surface area contributed by atoms with Gasteiger partial charge in [-0.2, -0.15) is 4.98 Å². The number of piperazine rings is 1. The van der Waals surface area contributed by atoms with Gasteiger partial charge < -0.3 is 34.2 Å². The lowest BCUT2D eigenvalue weighted by Crippen LogP contribution is -2.53. The minimum atomic E-state index is -2.75. The minimum absolute atomic E-state index is 0.156. The Morgan fingerprint density at radius 2 is 1.68 bits per heavy atom. The summed E-state index contributed by atoms with van der Waals surface area (Å²) in [4.78, 5) is 59.0. The zero-order chi connectivity index (χ0) is 48.6. The Morgan fingerprint density at radius 3 is 2.39 bits per heavy atom. The number of nitrogens with zero attached hydrogens (tertiary/aromatic N) is 7. The average Bonchev–Trinajstić information content (AvgIpc) is 3.68. The predicted molar refractivity (Wildman–Crippen MR) is 277 cm³/mol. The van der Waals surface area contributed by atoms with Crippen LogP contribution in [0.25, 0.3) is 22.0 Å². The van der Waals surface area contributed by atoms with Gasteiger partial charge in [-0.05, 0) is 116 Å². The highest BCUT2D eigenvalue weighted by Gasteiger charge is 2.33. The predicted octanol–water partition coefficient (Wildman–Crippen LogP) is 8.41. The zero-order valence-corrected chi connectivity index (χ0v) is 43.0. The topological polar surface area (TPSA) is 180 Å². The van der Waals surface area contributed by atoms with Crippen molar-refractivity contribution < 1.29 is 23.3 Å². The number of aryl methyl sites for hydroxylation is 2. The van der Waals surface area contributed by atoms with Crippen LogP contribution in [-0.4, -0.2) is 113 Å². The molecule has 69 heavy (non-hydrogen) atoms. The van der Waals surface area contributed by atoms with Gasteiger partial charge in [0, 0.05) is 92.6 Å². The summed E-state index contributed by atoms with van der Waals surface area (Å²) in [5.74, 6) is 0.145. The van der Waals surface area contributed by atoms with Crippen molar-refractivity contribution >= 4 is 103 Å². The Morgan fingerprint density at radius 1 is 0.899 bits per heavy atom. The van der Waals surface area contributed by atoms with Crippen LogP contribution in [0.4, 0.5) is 28.8 Å². The van der Waals surface area contributed by atoms with Crippen molar-refractivity contribution in [2.24, 2.45) is 0 Å². The molecule has 6 heterocycles. The van der Waals surface area contributed by atoms with E-state index in [4.69, 9.17) is 30.7 Å². The number of benzene rings is 3. The van der Waals surface area contributed by atoms with Crippen LogP contribution < -0.4 is 36.6 Å². The third-order valence-corrected chi connectivity index (χ3v) is 16.2. The molecule has 0 bridgehead atoms. The van der Waals surface area contributed by atoms with Crippen LogP contribution in [0.2, 0.25) is 5.02 Å². The molecule has 6 aromatic rings. The molecule has 0 aliphatic carbocycles. The standard InChI is InChI=1S/C50H59BrClN10O6P/c1-6-30-27-38(56-49-53-29-35(51)47(58-49)55-37-13-12-36-34(46(37)69(4,5)66)11-10-32(7-2)54-36)42(67-8-3)28-41(30)61-21-18-33(19-22-61)60-25-23-59(24-26-60)20-17-31-9-14-39-45(44(31)52)68-50(65)62(39)40-15-16-43(63)57-48(40)64/h9-14,27-29,33,40H,6-8,15-26H2,1-5H3,(H,57,63,64)(H2,53,55,56,58). The molecule has 3 aliphatic rings. The molecule has 3 saturated heterocycles. The fourth-order valence-corrected chi connectivity index (χ4v) is 12.1. The van der Waals surface area contributed by atoms with Crippen molar-refractivity contribution in [2.75, 3.05) is 81.3 Å². The quantitative estimate of drug-likeness (QED) is 0.0659. The first-order valence-corrected chi connectivity index (χ1v) is 27.7. The lowest BCUT2D eigenvalue weighted by molar-refractivity contribution is -0.135. The Balaban J connectivity index is 0.819. The van der Waals surface area contributed by atoms with Gasteiger partial charge in [0.1, 0.15) is 24.8 Å². The molecule has 16 nitrogen and oxygen atoms in total. The van der Waals surface area contributed by atoms with Gasteiger partial charge in [-0.25, -0.2) is 9.78 Å². The van der Waals surface area contributed by atoms with Crippen molar-refractivity contribution in [3.63, 3.8) is 0 Å². The molecule has 364 valence electrons. The molecule has 9 rings (SSSR count). The summed E-state index contributed by atoms with van der Waals surface area (Å²) in [7, 11) is -2.75. The molecule has 1 unspecified atom stereocenters. The van der Waals surface area contributed by atoms with E-state index in [1.165, 1.54) is 15.8 Å². The van der Waals surface area contributed by atoms with E-state index in [-0.39, 0.29) is 24.3 Å². The van der Waals surface area contributed by atoms with Gasteiger partial charge >= 0.3 is 5.76 Å². The van der Waals surface area contributed by atoms with E-state index in [1.54, 1.807) is 25.6 Å². The largest absolute Gasteiger partial charge is 0.492 e. The SMILES string of the molecule is CCOc1cc(N2CCC(N3CCN(CCc4ccc5c(oc(=O)n5C5CCC(=O)NC5=O)c4Cl)CC3)CC2)c(CC)cc1Nc1ncc(Br)c(Nc2ccc3nc(CC)ccc3c2P(C)(C)=O)n1. The fraction of sp³-hybridized carbons (Fsp3) is 0.440. The van der Waals surface area contributed by atoms with Crippen LogP contribution in [0.3, 0.4) is 0 Å². The average molecular weight is 1040 g/mol. The van der Waals surface area contributed by atoms with Crippen LogP contribution in [0.5, 0.6) is 5.75 Å². The van der Waals surface area contributed by atoms with Crippen LogP contribution in [0, 0.1) is 0 Å². The van der Waals surface area contributed by atoms with Crippen molar-refractivity contribution in [3.05, 3.63) is 91.6 Å². The van der Waals surface area contributed by atoms with E-state index >= 15 is 0 Å². The highest BCUT2D eigenvalue weighted by molar-refractivity contribution is 9.10. The van der Waals surface area contributed by atoms with Gasteiger partial charge in [-0.1, -0.05) is 37.6 Å². The number of halogens is 2. The van der Waals surface area contributed by atoms with Gasteiger partial charge in [0.2, 0.25) is 17.8 Å². The van der Waals surface area contributed by atoms with Crippen LogP contribution in [0.1, 0.15) is 69.3 Å². The maximum absolute atomic E-state index is 13.8. The van der Waals surface area contributed by atoms with E-state index in [0.717, 1.165) is 110 Å². The summed E-state index contributed by atoms with van der Waals surface area (Å²) in [6.07, 6.45) is 6.58. The summed E-state index contributed by atoms with van der Waals surface area (Å²) < 4.78 is 27.6. The summed E-state index contributed by atoms with van der Waals surface area (Å²) in [5.41, 5.74) is 7.30. The Bertz CT molecular complexity index is 3030. The number of rotatable bonds is 15. The number of carbonyl (C=O) groups excluding carboxylic acids is 2. The maximum Gasteiger partial charge on any atom is 0.420 e. The lowest BCUT2D eigenvalue weighted by atomic mass is 9.99. The molecule has 0 radical (unpaired) electrons. The lowest BCUT2D eigenvalue weighted by Gasteiger charge is -2.43. The first-order chi connectivity index (χ1) is 33.2. The Labute approximate surface area is 415 Å². The van der Waals surface area contributed by atoms with Gasteiger partial charge in [0.05, 0.1) is 38.5 Å². The summed E-state index contributed by atoms with van der Waals surface area (Å²) in [5, 5.41) is 11.2. The monoisotopic (exact) mass is 1040 g/mol. The van der Waals surface area contributed by atoms with Gasteiger partial charge in [-0.15, -0.1) is 0 Å². The number of nitrogens with one attached hydrogen (secondary N) is 3. The second-order valence-electron chi connectivity index (χ2n) is 18.4. The highest BCUT2D eigenvalue weighted by Crippen LogP contribution is 2.43. The molecule has 3 fully saturated rings. The van der Waals surface area contributed by atoms with Gasteiger partial charge in [-0.3, -0.25) is 29.4 Å². The van der Waals surface area contributed by atoms with Crippen molar-refractivity contribution in [1.29, 1.82) is 0 Å². The van der Waals surface area contributed by atoms with E-state index in [9.17, 15) is 18.9 Å². The molecule has 3 aliphatic heterocycles. The maximum atomic E-state index is 13.8. The second kappa shape index (κ2) is 20.6. The third-order valence-electron chi connectivity index (χ3n) is 13.7. The number of aromatic nitrogens is 4. The number of piperidine rings is 2. The molecule has 3 aromatic heterocycles. The number of amides is 2. The fourth-order valence-electron chi connectivity index (χ4n) is 10.1. The Hall–Kier alpha value is -5.32. The van der Waals surface area contributed by atoms with Crippen molar-refractivity contribution in [3.8, 4) is 5.75 Å². The molecule has 2 amide bonds. The zero-order valence-electron chi connectivity index (χ0n) is 39.7. The first-order valence-electron chi connectivity index (χ1n) is 23.9. The van der Waals surface area contributed by atoms with Crippen molar-refractivity contribution in [1.82, 2.24) is 34.6 Å². The smallest absolute Gasteiger partial charge is 0.420 e. The Kier molecular flexibility index (Phi) is 14.5. The van der Waals surface area contributed by atoms with E-state index in [0.29, 0.717) is 51.5 Å². The van der Waals surface area contributed by atoms with E-state index in [2.05, 4.69) is 77.5 Å². The number of hydrogen-bond acceptors (Lipinski definition) is 14. The number of hydrogen-bond donors (Lipinski definition) is 3. The number of carbonyl (C=O) groups is 2. The number of fused-ring (bicyclic) bond motifs is 2. The number of pyridine rings is 1. The molecular weight excluding hydrogens is 983 g/mol. The molecule has 1 atom stereocenters. The van der Waals surface area contributed by atoms with E-state index in [1.807, 2.05) is 37.3 Å². The van der Waals surface area contributed by atoms with Gasteiger partial charge in [0.25, 0.3) is 0 Å². The molecule has 3 N–H and O–H groups in total. The van der Waals surface area contributed by atoms with Gasteiger partial charge in [0.15, 0.2) is 5.58 Å². The van der Waals surface area contributed by atoms with Crippen molar-refractivity contribution in [2.45, 2.75) is 77.8 Å². The number of anilines is 5. The third kappa shape index (κ3) is 10.3.